The summed E-state index contributed by atoms with van der Waals surface area (Å²) in [6, 6.07) is 8.36. The Balaban J connectivity index is 1.34. The lowest BCUT2D eigenvalue weighted by atomic mass is 10.1. The Kier molecular flexibility index (Phi) is 5.07. The van der Waals surface area contributed by atoms with Gasteiger partial charge in [-0.15, -0.1) is 11.3 Å². The van der Waals surface area contributed by atoms with E-state index in [9.17, 15) is 13.6 Å². The zero-order valence-electron chi connectivity index (χ0n) is 16.1. The summed E-state index contributed by atoms with van der Waals surface area (Å²) in [6.07, 6.45) is 0. The number of thiophene rings is 1. The van der Waals surface area contributed by atoms with Crippen LogP contribution in [0.1, 0.15) is 16.2 Å². The van der Waals surface area contributed by atoms with Gasteiger partial charge >= 0.3 is 0 Å². The molecule has 4 aromatic heterocycles. The van der Waals surface area contributed by atoms with Crippen molar-refractivity contribution in [1.29, 1.82) is 0 Å². The van der Waals surface area contributed by atoms with E-state index in [0.717, 1.165) is 17.0 Å². The average molecular weight is 471 g/mol. The van der Waals surface area contributed by atoms with Gasteiger partial charge in [-0.05, 0) is 36.6 Å². The Morgan fingerprint density at radius 1 is 1.06 bits per heavy atom. The lowest BCUT2D eigenvalue weighted by molar-refractivity contribution is 0.101. The van der Waals surface area contributed by atoms with E-state index in [-0.39, 0.29) is 17.0 Å². The van der Waals surface area contributed by atoms with Crippen molar-refractivity contribution in [2.45, 2.75) is 6.92 Å². The van der Waals surface area contributed by atoms with Crippen molar-refractivity contribution in [3.63, 3.8) is 0 Å². The molecular formula is C20H11F2N5O3S2. The molecule has 8 nitrogen and oxygen atoms in total. The molecule has 1 aromatic carbocycles. The van der Waals surface area contributed by atoms with Crippen molar-refractivity contribution in [2.75, 3.05) is 5.32 Å². The van der Waals surface area contributed by atoms with Gasteiger partial charge in [0.1, 0.15) is 4.88 Å². The van der Waals surface area contributed by atoms with Gasteiger partial charge in [0.15, 0.2) is 28.2 Å². The predicted molar refractivity (Wildman–Crippen MR) is 113 cm³/mol. The Bertz CT molecular complexity index is 1420. The van der Waals surface area contributed by atoms with Crippen molar-refractivity contribution >= 4 is 33.7 Å². The van der Waals surface area contributed by atoms with E-state index in [1.165, 1.54) is 34.8 Å². The van der Waals surface area contributed by atoms with Crippen LogP contribution in [0, 0.1) is 18.6 Å². The molecule has 0 saturated carbocycles. The second-order valence-corrected chi connectivity index (χ2v) is 8.44. The highest BCUT2D eigenvalue weighted by molar-refractivity contribution is 7.19. The number of rotatable bonds is 5. The van der Waals surface area contributed by atoms with E-state index in [0.29, 0.717) is 27.4 Å². The van der Waals surface area contributed by atoms with Crippen LogP contribution in [0.3, 0.4) is 0 Å². The Morgan fingerprint density at radius 3 is 2.72 bits per heavy atom. The van der Waals surface area contributed by atoms with Crippen molar-refractivity contribution < 1.29 is 22.6 Å². The summed E-state index contributed by atoms with van der Waals surface area (Å²) in [5, 5.41) is 12.5. The molecule has 0 aliphatic heterocycles. The Hall–Kier alpha value is -3.77. The molecule has 160 valence electrons. The fourth-order valence-electron chi connectivity index (χ4n) is 2.80. The molecule has 4 heterocycles. The molecule has 0 bridgehead atoms. The molecule has 0 unspecified atom stereocenters. The lowest BCUT2D eigenvalue weighted by Gasteiger charge is -1.96. The monoisotopic (exact) mass is 471 g/mol. The van der Waals surface area contributed by atoms with E-state index in [1.54, 1.807) is 6.92 Å². The fraction of sp³-hybridized carbons (Fsp3) is 0.0500. The van der Waals surface area contributed by atoms with Crippen LogP contribution < -0.4 is 5.32 Å². The van der Waals surface area contributed by atoms with Gasteiger partial charge in [-0.2, -0.15) is 4.98 Å². The van der Waals surface area contributed by atoms with E-state index in [4.69, 9.17) is 9.05 Å². The van der Waals surface area contributed by atoms with Crippen molar-refractivity contribution in [3.8, 4) is 32.8 Å². The number of nitrogens with one attached hydrogen (secondary N) is 1. The van der Waals surface area contributed by atoms with Gasteiger partial charge in [0.2, 0.25) is 5.82 Å². The second kappa shape index (κ2) is 8.05. The summed E-state index contributed by atoms with van der Waals surface area (Å²) in [6.45, 7) is 1.76. The quantitative estimate of drug-likeness (QED) is 0.365. The number of thiazole rings is 1. The molecule has 5 aromatic rings. The molecule has 0 fully saturated rings. The van der Waals surface area contributed by atoms with Gasteiger partial charge in [-0.3, -0.25) is 10.1 Å². The van der Waals surface area contributed by atoms with Crippen LogP contribution in [-0.2, 0) is 0 Å². The third-order valence-corrected chi connectivity index (χ3v) is 6.25. The molecule has 0 radical (unpaired) electrons. The van der Waals surface area contributed by atoms with Crippen molar-refractivity contribution in [1.82, 2.24) is 20.3 Å². The van der Waals surface area contributed by atoms with Gasteiger partial charge in [-0.1, -0.05) is 27.7 Å². The highest BCUT2D eigenvalue weighted by Gasteiger charge is 2.20. The topological polar surface area (TPSA) is 107 Å². The van der Waals surface area contributed by atoms with Crippen LogP contribution in [0.4, 0.5) is 13.9 Å². The summed E-state index contributed by atoms with van der Waals surface area (Å²) < 4.78 is 37.0. The number of carbonyl (C=O) groups excluding carboxylic acids is 1. The third-order valence-electron chi connectivity index (χ3n) is 4.33. The number of nitrogens with zero attached hydrogens (tertiary/aromatic N) is 4. The third kappa shape index (κ3) is 3.81. The van der Waals surface area contributed by atoms with Crippen LogP contribution in [0.5, 0.6) is 0 Å². The standard InChI is InChI=1S/C20H11F2N5O3S2/c1-9-16(19-24-17(27-30-19)15-3-2-6-31-15)32-20(23-9)25-18(28)13-8-14(29-26-13)10-4-5-11(21)12(22)7-10/h2-8H,1H3,(H,23,25,28). The number of aromatic nitrogens is 4. The Labute approximate surface area is 186 Å². The van der Waals surface area contributed by atoms with Gasteiger partial charge in [0.25, 0.3) is 11.8 Å². The summed E-state index contributed by atoms with van der Waals surface area (Å²) in [7, 11) is 0. The molecule has 0 atom stereocenters. The highest BCUT2D eigenvalue weighted by Crippen LogP contribution is 2.33. The highest BCUT2D eigenvalue weighted by atomic mass is 32.1. The molecule has 1 N–H and O–H groups in total. The molecule has 5 rings (SSSR count). The summed E-state index contributed by atoms with van der Waals surface area (Å²) in [5.74, 6) is -1.69. The zero-order valence-corrected chi connectivity index (χ0v) is 17.8. The SMILES string of the molecule is Cc1nc(NC(=O)c2cc(-c3ccc(F)c(F)c3)on2)sc1-c1nc(-c2cccs2)no1. The number of hydrogen-bond acceptors (Lipinski definition) is 9. The number of carbonyl (C=O) groups is 1. The van der Waals surface area contributed by atoms with E-state index in [2.05, 4.69) is 25.6 Å². The van der Waals surface area contributed by atoms with E-state index < -0.39 is 17.5 Å². The first-order chi connectivity index (χ1) is 15.5. The number of halogens is 2. The van der Waals surface area contributed by atoms with E-state index >= 15 is 0 Å². The van der Waals surface area contributed by atoms with E-state index in [1.807, 2.05) is 17.5 Å². The normalized spacial score (nSPS) is 11.1. The van der Waals surface area contributed by atoms with Crippen molar-refractivity contribution in [2.24, 2.45) is 0 Å². The molecule has 0 spiro atoms. The second-order valence-electron chi connectivity index (χ2n) is 6.49. The lowest BCUT2D eigenvalue weighted by Crippen LogP contribution is -2.11. The van der Waals surface area contributed by atoms with Crippen LogP contribution in [0.2, 0.25) is 0 Å². The molecule has 1 amide bonds. The fourth-order valence-corrected chi connectivity index (χ4v) is 4.33. The minimum atomic E-state index is -1.03. The first-order valence-electron chi connectivity index (χ1n) is 9.07. The maximum absolute atomic E-state index is 13.4. The molecule has 0 aliphatic carbocycles. The molecule has 12 heteroatoms. The smallest absolute Gasteiger partial charge is 0.279 e. The number of benzene rings is 1. The molecule has 32 heavy (non-hydrogen) atoms. The van der Waals surface area contributed by atoms with Crippen LogP contribution in [0.25, 0.3) is 32.8 Å². The molecular weight excluding hydrogens is 460 g/mol. The summed E-state index contributed by atoms with van der Waals surface area (Å²) in [4.78, 5) is 22.8. The zero-order chi connectivity index (χ0) is 22.2. The number of aryl methyl sites for hydroxylation is 1. The number of anilines is 1. The molecule has 0 aliphatic rings. The summed E-state index contributed by atoms with van der Waals surface area (Å²) >= 11 is 2.66. The maximum Gasteiger partial charge on any atom is 0.279 e. The Morgan fingerprint density at radius 2 is 1.94 bits per heavy atom. The summed E-state index contributed by atoms with van der Waals surface area (Å²) in [5.41, 5.74) is 0.812. The predicted octanol–water partition coefficient (Wildman–Crippen LogP) is 5.42. The van der Waals surface area contributed by atoms with Gasteiger partial charge in [-0.25, -0.2) is 13.8 Å². The number of hydrogen-bond donors (Lipinski definition) is 1. The largest absolute Gasteiger partial charge is 0.355 e. The minimum Gasteiger partial charge on any atom is -0.355 e. The van der Waals surface area contributed by atoms with Crippen LogP contribution >= 0.6 is 22.7 Å². The van der Waals surface area contributed by atoms with Crippen molar-refractivity contribution in [3.05, 3.63) is 64.8 Å². The first-order valence-corrected chi connectivity index (χ1v) is 10.8. The first kappa shape index (κ1) is 20.2. The average Bonchev–Trinajstić information content (AvgIpc) is 3.56. The van der Waals surface area contributed by atoms with Gasteiger partial charge < -0.3 is 9.05 Å². The molecule has 0 saturated heterocycles. The minimum absolute atomic E-state index is 0.0445. The van der Waals surface area contributed by atoms with Crippen LogP contribution in [-0.4, -0.2) is 26.2 Å². The van der Waals surface area contributed by atoms with Crippen LogP contribution in [0.15, 0.2) is 50.8 Å². The van der Waals surface area contributed by atoms with Gasteiger partial charge in [0, 0.05) is 11.6 Å². The number of amides is 1. The van der Waals surface area contributed by atoms with Gasteiger partial charge in [0.05, 0.1) is 10.6 Å². The maximum atomic E-state index is 13.4.